The highest BCUT2D eigenvalue weighted by molar-refractivity contribution is 5.97. The lowest BCUT2D eigenvalue weighted by Crippen LogP contribution is -2.29. The molecular weight excluding hydrogens is 532 g/mol. The van der Waals surface area contributed by atoms with Crippen LogP contribution in [0.5, 0.6) is 0 Å². The summed E-state index contributed by atoms with van der Waals surface area (Å²) >= 11 is 0. The van der Waals surface area contributed by atoms with Gasteiger partial charge in [-0.15, -0.1) is 0 Å². The zero-order chi connectivity index (χ0) is 36.6. The number of fused-ring (bicyclic) bond motifs is 5. The Labute approximate surface area is 270 Å². The monoisotopic (exact) mass is 574 g/mol. The van der Waals surface area contributed by atoms with Crippen molar-refractivity contribution in [3.8, 4) is 22.5 Å². The first-order valence-corrected chi connectivity index (χ1v) is 14.9. The summed E-state index contributed by atoms with van der Waals surface area (Å²) in [6.45, 7) is 4.48. The summed E-state index contributed by atoms with van der Waals surface area (Å²) in [5.74, 6) is 0.693. The molecule has 0 spiro atoms. The summed E-state index contributed by atoms with van der Waals surface area (Å²) in [7, 11) is 0. The van der Waals surface area contributed by atoms with Gasteiger partial charge in [-0.3, -0.25) is 0 Å². The Hall–Kier alpha value is -5.14. The Balaban J connectivity index is 1.46. The molecule has 0 unspecified atom stereocenters. The van der Waals surface area contributed by atoms with E-state index < -0.39 is 6.05 Å². The Morgan fingerprint density at radius 1 is 0.636 bits per heavy atom. The third kappa shape index (κ3) is 4.23. The zero-order valence-corrected chi connectivity index (χ0v) is 24.6. The molecule has 5 aromatic carbocycles. The molecule has 0 atom stereocenters. The van der Waals surface area contributed by atoms with E-state index in [0.29, 0.717) is 32.9 Å². The van der Waals surface area contributed by atoms with Crippen LogP contribution in [0.15, 0.2) is 150 Å². The lowest BCUT2D eigenvalue weighted by molar-refractivity contribution is 0.631. The Bertz CT molecular complexity index is 2670. The fraction of sp³-hybridized carbons (Fsp3) is 0.116. The summed E-state index contributed by atoms with van der Waals surface area (Å²) in [6.07, 6.45) is -0.263. The lowest BCUT2D eigenvalue weighted by atomic mass is 9.82. The van der Waals surface area contributed by atoms with E-state index in [1.54, 1.807) is 0 Å². The molecule has 0 fully saturated rings. The summed E-state index contributed by atoms with van der Waals surface area (Å²) in [5.41, 5.74) is 8.06. The third-order valence-corrected chi connectivity index (χ3v) is 8.95. The van der Waals surface area contributed by atoms with E-state index in [9.17, 15) is 0 Å². The van der Waals surface area contributed by atoms with Gasteiger partial charge >= 0.3 is 0 Å². The van der Waals surface area contributed by atoms with Crippen LogP contribution in [0, 0.1) is 0 Å². The number of rotatable bonds is 3. The van der Waals surface area contributed by atoms with E-state index in [4.69, 9.17) is 15.4 Å². The number of hydrogen-bond donors (Lipinski definition) is 0. The second-order valence-electron chi connectivity index (χ2n) is 11.7. The van der Waals surface area contributed by atoms with Gasteiger partial charge in [0.05, 0.1) is 11.0 Å². The molecule has 212 valence electrons. The van der Waals surface area contributed by atoms with E-state index in [1.165, 1.54) is 22.8 Å². The van der Waals surface area contributed by atoms with Crippen molar-refractivity contribution in [1.29, 1.82) is 0 Å². The fourth-order valence-corrected chi connectivity index (χ4v) is 6.87. The van der Waals surface area contributed by atoms with Gasteiger partial charge in [0.25, 0.3) is 0 Å². The van der Waals surface area contributed by atoms with Gasteiger partial charge in [-0.25, -0.2) is 0 Å². The number of benzene rings is 5. The minimum Gasteiger partial charge on any atom is -0.456 e. The van der Waals surface area contributed by atoms with Crippen LogP contribution in [0.4, 0.5) is 0 Å². The molecule has 0 bridgehead atoms. The average Bonchev–Trinajstić information content (AvgIpc) is 3.68. The van der Waals surface area contributed by atoms with Crippen LogP contribution in [0.25, 0.3) is 44.6 Å². The molecule has 44 heavy (non-hydrogen) atoms. The molecule has 2 aliphatic rings. The lowest BCUT2D eigenvalue weighted by Gasteiger charge is -2.21. The second kappa shape index (κ2) is 10.5. The minimum atomic E-state index is -0.419. The van der Waals surface area contributed by atoms with E-state index in [1.807, 2.05) is 48.5 Å². The standard InChI is InChI=1S/C43H34O/c1-43(2)38-25-13-12-22-35(38)42-36(24-14-26-39(42)43)41-28-37-34(23-15-27-40(37)44-41)33-19-9-4-3-8-18-30(29-16-6-5-7-17-29)31-20-10-11-21-32(31)33/h3-17,20-28H,18-19H2,1-2H3/b8-3-,9-4-,31-30+,33-32+/i3D,4D,6D,7D,8D,9D,16D,17D. The SMILES string of the molecule is [2H]/C1=C([2H])/C([2H])=C(/[2H])C/C(c2cccc3oc(-c4cccc5c4-c4ccccc4C5(C)C)cc23)=c2/cccc/c2=C(\c2c([2H])c([2H])cc([2H])c2[2H])C1. The van der Waals surface area contributed by atoms with Gasteiger partial charge in [0.15, 0.2) is 0 Å². The molecule has 0 amide bonds. The van der Waals surface area contributed by atoms with Crippen LogP contribution < -0.4 is 10.4 Å². The van der Waals surface area contributed by atoms with Gasteiger partial charge in [0.2, 0.25) is 0 Å². The maximum Gasteiger partial charge on any atom is 0.136 e. The van der Waals surface area contributed by atoms with Gasteiger partial charge in [-0.2, -0.15) is 0 Å². The van der Waals surface area contributed by atoms with Crippen LogP contribution >= 0.6 is 0 Å². The Morgan fingerprint density at radius 3 is 2.09 bits per heavy atom. The molecule has 1 nitrogen and oxygen atoms in total. The number of furan rings is 1. The fourth-order valence-electron chi connectivity index (χ4n) is 6.87. The van der Waals surface area contributed by atoms with Crippen molar-refractivity contribution >= 4 is 22.1 Å². The van der Waals surface area contributed by atoms with E-state index in [0.717, 1.165) is 22.1 Å². The normalized spacial score (nSPS) is 24.4. The van der Waals surface area contributed by atoms with Crippen LogP contribution in [0.1, 0.15) is 59.9 Å². The summed E-state index contributed by atoms with van der Waals surface area (Å²) < 4.78 is 76.4. The highest BCUT2D eigenvalue weighted by Crippen LogP contribution is 2.52. The second-order valence-corrected chi connectivity index (χ2v) is 11.7. The number of allylic oxidation sites excluding steroid dienone is 4. The van der Waals surface area contributed by atoms with Crippen LogP contribution in [-0.2, 0) is 5.41 Å². The van der Waals surface area contributed by atoms with Crippen LogP contribution in [0.2, 0.25) is 0 Å². The predicted octanol–water partition coefficient (Wildman–Crippen LogP) is 9.71. The highest BCUT2D eigenvalue weighted by Gasteiger charge is 2.37. The topological polar surface area (TPSA) is 13.1 Å². The first-order chi connectivity index (χ1) is 24.9. The molecule has 1 heteroatoms. The van der Waals surface area contributed by atoms with Gasteiger partial charge < -0.3 is 4.42 Å². The molecule has 0 N–H and O–H groups in total. The van der Waals surface area contributed by atoms with E-state index in [2.05, 4.69) is 56.3 Å². The van der Waals surface area contributed by atoms with Crippen molar-refractivity contribution in [3.63, 3.8) is 0 Å². The summed E-state index contributed by atoms with van der Waals surface area (Å²) in [6, 6.07) is 29.1. The molecule has 0 saturated heterocycles. The van der Waals surface area contributed by atoms with Crippen molar-refractivity contribution in [1.82, 2.24) is 0 Å². The Kier molecular flexibility index (Phi) is 4.60. The molecule has 8 rings (SSSR count). The van der Waals surface area contributed by atoms with Gasteiger partial charge in [0, 0.05) is 16.4 Å². The molecular formula is C43H34O. The van der Waals surface area contributed by atoms with E-state index in [-0.39, 0.29) is 66.1 Å². The van der Waals surface area contributed by atoms with E-state index >= 15 is 0 Å². The summed E-state index contributed by atoms with van der Waals surface area (Å²) in [4.78, 5) is 0. The first-order valence-electron chi connectivity index (χ1n) is 18.9. The quantitative estimate of drug-likeness (QED) is 0.205. The molecule has 0 radical (unpaired) electrons. The maximum absolute atomic E-state index is 9.00. The van der Waals surface area contributed by atoms with Crippen molar-refractivity contribution < 1.29 is 15.4 Å². The largest absolute Gasteiger partial charge is 0.456 e. The van der Waals surface area contributed by atoms with Crippen molar-refractivity contribution in [2.75, 3.05) is 0 Å². The molecule has 2 aliphatic carbocycles. The van der Waals surface area contributed by atoms with Crippen molar-refractivity contribution in [2.24, 2.45) is 0 Å². The first kappa shape index (κ1) is 19.2. The van der Waals surface area contributed by atoms with Crippen molar-refractivity contribution in [3.05, 3.63) is 178 Å². The average molecular weight is 575 g/mol. The van der Waals surface area contributed by atoms with Gasteiger partial charge in [0.1, 0.15) is 11.3 Å². The minimum absolute atomic E-state index is 0.0373. The molecule has 0 aliphatic heterocycles. The van der Waals surface area contributed by atoms with Crippen LogP contribution in [-0.4, -0.2) is 0 Å². The summed E-state index contributed by atoms with van der Waals surface area (Å²) in [5, 5.41) is 2.04. The maximum atomic E-state index is 9.00. The number of hydrogen-bond acceptors (Lipinski definition) is 1. The third-order valence-electron chi connectivity index (χ3n) is 8.95. The zero-order valence-electron chi connectivity index (χ0n) is 32.6. The molecule has 6 aromatic rings. The highest BCUT2D eigenvalue weighted by atomic mass is 16.3. The molecule has 1 heterocycles. The predicted molar refractivity (Wildman–Crippen MR) is 184 cm³/mol. The van der Waals surface area contributed by atoms with Crippen LogP contribution in [0.3, 0.4) is 0 Å². The molecule has 1 aromatic heterocycles. The van der Waals surface area contributed by atoms with Gasteiger partial charge in [-0.1, -0.05) is 147 Å². The smallest absolute Gasteiger partial charge is 0.136 e. The van der Waals surface area contributed by atoms with Crippen molar-refractivity contribution in [2.45, 2.75) is 32.1 Å². The van der Waals surface area contributed by atoms with Gasteiger partial charge in [-0.05, 0) is 79.9 Å². The molecule has 0 saturated carbocycles. The Morgan fingerprint density at radius 2 is 1.27 bits per heavy atom.